The number of carbonyl (C=O) groups excluding carboxylic acids is 1. The lowest BCUT2D eigenvalue weighted by Gasteiger charge is -2.06. The van der Waals surface area contributed by atoms with Crippen LogP contribution in [0.3, 0.4) is 0 Å². The van der Waals surface area contributed by atoms with Crippen LogP contribution in [-0.4, -0.2) is 26.3 Å². The van der Waals surface area contributed by atoms with E-state index in [0.29, 0.717) is 18.7 Å². The van der Waals surface area contributed by atoms with Gasteiger partial charge in [0.1, 0.15) is 9.84 Å². The number of rotatable bonds is 6. The van der Waals surface area contributed by atoms with Crippen LogP contribution in [0.1, 0.15) is 18.4 Å². The molecule has 0 atom stereocenters. The molecule has 0 aromatic heterocycles. The van der Waals surface area contributed by atoms with Gasteiger partial charge in [-0.3, -0.25) is 4.79 Å². The third-order valence-electron chi connectivity index (χ3n) is 2.37. The predicted molar refractivity (Wildman–Crippen MR) is 71.9 cm³/mol. The average Bonchev–Trinajstić information content (AvgIpc) is 2.27. The van der Waals surface area contributed by atoms with Gasteiger partial charge < -0.3 is 11.1 Å². The van der Waals surface area contributed by atoms with Gasteiger partial charge in [0.05, 0.1) is 5.75 Å². The van der Waals surface area contributed by atoms with E-state index in [4.69, 9.17) is 5.73 Å². The van der Waals surface area contributed by atoms with Crippen molar-refractivity contribution in [3.8, 4) is 0 Å². The maximum Gasteiger partial charge on any atom is 0.224 e. The minimum atomic E-state index is -3.00. The van der Waals surface area contributed by atoms with E-state index in [9.17, 15) is 13.2 Å². The Hall–Kier alpha value is -1.40. The van der Waals surface area contributed by atoms with Crippen molar-refractivity contribution in [3.05, 3.63) is 29.8 Å². The molecule has 0 radical (unpaired) electrons. The fourth-order valence-electron chi connectivity index (χ4n) is 1.49. The molecule has 0 heterocycles. The summed E-state index contributed by atoms with van der Waals surface area (Å²) in [6.07, 6.45) is 1.69. The van der Waals surface area contributed by atoms with Crippen molar-refractivity contribution < 1.29 is 13.2 Å². The first-order valence-corrected chi connectivity index (χ1v) is 7.73. The van der Waals surface area contributed by atoms with Gasteiger partial charge in [-0.05, 0) is 24.1 Å². The lowest BCUT2D eigenvalue weighted by atomic mass is 10.2. The molecule has 0 aliphatic rings. The highest BCUT2D eigenvalue weighted by Gasteiger charge is 2.06. The van der Waals surface area contributed by atoms with Gasteiger partial charge in [-0.1, -0.05) is 12.1 Å². The van der Waals surface area contributed by atoms with Crippen molar-refractivity contribution in [1.29, 1.82) is 0 Å². The van der Waals surface area contributed by atoms with Crippen LogP contribution in [0.15, 0.2) is 24.3 Å². The number of carbonyl (C=O) groups is 1. The van der Waals surface area contributed by atoms with Crippen LogP contribution in [0.25, 0.3) is 0 Å². The third-order valence-corrected chi connectivity index (χ3v) is 3.40. The maximum atomic E-state index is 11.6. The Kier molecular flexibility index (Phi) is 5.30. The molecule has 18 heavy (non-hydrogen) atoms. The van der Waals surface area contributed by atoms with Crippen LogP contribution in [0.5, 0.6) is 0 Å². The topological polar surface area (TPSA) is 89.3 Å². The fourth-order valence-corrected chi connectivity index (χ4v) is 2.16. The Morgan fingerprint density at radius 3 is 2.72 bits per heavy atom. The summed E-state index contributed by atoms with van der Waals surface area (Å²) in [5, 5.41) is 2.71. The van der Waals surface area contributed by atoms with E-state index < -0.39 is 9.84 Å². The molecule has 0 fully saturated rings. The molecule has 0 bridgehead atoms. The van der Waals surface area contributed by atoms with E-state index in [1.54, 1.807) is 12.1 Å². The SMILES string of the molecule is CS(=O)(=O)CCCC(=O)Nc1cccc(CN)c1. The van der Waals surface area contributed by atoms with Crippen molar-refractivity contribution in [2.24, 2.45) is 5.73 Å². The fraction of sp³-hybridized carbons (Fsp3) is 0.417. The minimum Gasteiger partial charge on any atom is -0.326 e. The summed E-state index contributed by atoms with van der Waals surface area (Å²) in [6, 6.07) is 7.26. The lowest BCUT2D eigenvalue weighted by Crippen LogP contribution is -2.13. The Balaban J connectivity index is 2.44. The molecule has 1 rings (SSSR count). The summed E-state index contributed by atoms with van der Waals surface area (Å²) in [5.74, 6) is -0.156. The molecule has 0 saturated carbocycles. The zero-order valence-electron chi connectivity index (χ0n) is 10.3. The number of nitrogens with two attached hydrogens (primary N) is 1. The predicted octanol–water partition coefficient (Wildman–Crippen LogP) is 0.909. The molecule has 0 unspecified atom stereocenters. The second kappa shape index (κ2) is 6.51. The van der Waals surface area contributed by atoms with E-state index >= 15 is 0 Å². The number of hydrogen-bond donors (Lipinski definition) is 2. The zero-order chi connectivity index (χ0) is 13.6. The molecule has 0 aliphatic carbocycles. The van der Waals surface area contributed by atoms with Crippen LogP contribution in [0.4, 0.5) is 5.69 Å². The molecule has 6 heteroatoms. The van der Waals surface area contributed by atoms with E-state index in [0.717, 1.165) is 11.8 Å². The van der Waals surface area contributed by atoms with Gasteiger partial charge >= 0.3 is 0 Å². The van der Waals surface area contributed by atoms with Crippen molar-refractivity contribution in [2.45, 2.75) is 19.4 Å². The molecule has 0 aliphatic heterocycles. The quantitative estimate of drug-likeness (QED) is 0.804. The first kappa shape index (κ1) is 14.7. The largest absolute Gasteiger partial charge is 0.326 e. The summed E-state index contributed by atoms with van der Waals surface area (Å²) >= 11 is 0. The Morgan fingerprint density at radius 1 is 1.39 bits per heavy atom. The number of anilines is 1. The summed E-state index contributed by atoms with van der Waals surface area (Å²) < 4.78 is 21.8. The molecule has 5 nitrogen and oxygen atoms in total. The number of benzene rings is 1. The molecular formula is C12H18N2O3S. The van der Waals surface area contributed by atoms with Gasteiger partial charge in [0.25, 0.3) is 0 Å². The standard InChI is InChI=1S/C12H18N2O3S/c1-18(16,17)7-3-6-12(15)14-11-5-2-4-10(8-11)9-13/h2,4-5,8H,3,6-7,9,13H2,1H3,(H,14,15). The number of sulfone groups is 1. The van der Waals surface area contributed by atoms with E-state index in [-0.39, 0.29) is 18.1 Å². The first-order valence-electron chi connectivity index (χ1n) is 5.67. The van der Waals surface area contributed by atoms with Crippen LogP contribution in [0, 0.1) is 0 Å². The molecule has 1 aromatic rings. The van der Waals surface area contributed by atoms with Gasteiger partial charge in [0.15, 0.2) is 0 Å². The molecular weight excluding hydrogens is 252 g/mol. The van der Waals surface area contributed by atoms with Gasteiger partial charge in [0, 0.05) is 24.9 Å². The normalized spacial score (nSPS) is 11.2. The van der Waals surface area contributed by atoms with Gasteiger partial charge in [-0.2, -0.15) is 0 Å². The Labute approximate surface area is 107 Å². The number of hydrogen-bond acceptors (Lipinski definition) is 4. The smallest absolute Gasteiger partial charge is 0.224 e. The van der Waals surface area contributed by atoms with E-state index in [1.165, 1.54) is 0 Å². The summed E-state index contributed by atoms with van der Waals surface area (Å²) in [7, 11) is -3.00. The lowest BCUT2D eigenvalue weighted by molar-refractivity contribution is -0.116. The van der Waals surface area contributed by atoms with Gasteiger partial charge in [-0.15, -0.1) is 0 Å². The second-order valence-corrected chi connectivity index (χ2v) is 6.45. The molecule has 1 aromatic carbocycles. The summed E-state index contributed by atoms with van der Waals surface area (Å²) in [4.78, 5) is 11.6. The average molecular weight is 270 g/mol. The second-order valence-electron chi connectivity index (χ2n) is 4.19. The molecule has 100 valence electrons. The van der Waals surface area contributed by atoms with Crippen molar-refractivity contribution in [2.75, 3.05) is 17.3 Å². The van der Waals surface area contributed by atoms with Crippen LogP contribution in [0.2, 0.25) is 0 Å². The molecule has 0 saturated heterocycles. The monoisotopic (exact) mass is 270 g/mol. The van der Waals surface area contributed by atoms with Crippen LogP contribution in [-0.2, 0) is 21.2 Å². The highest BCUT2D eigenvalue weighted by atomic mass is 32.2. The van der Waals surface area contributed by atoms with Crippen molar-refractivity contribution in [3.63, 3.8) is 0 Å². The highest BCUT2D eigenvalue weighted by molar-refractivity contribution is 7.90. The molecule has 3 N–H and O–H groups in total. The first-order chi connectivity index (χ1) is 8.40. The molecule has 0 spiro atoms. The van der Waals surface area contributed by atoms with Crippen LogP contribution < -0.4 is 11.1 Å². The Morgan fingerprint density at radius 2 is 2.11 bits per heavy atom. The number of amides is 1. The van der Waals surface area contributed by atoms with E-state index in [1.807, 2.05) is 12.1 Å². The highest BCUT2D eigenvalue weighted by Crippen LogP contribution is 2.10. The molecule has 1 amide bonds. The summed E-state index contributed by atoms with van der Waals surface area (Å²) in [5.41, 5.74) is 7.12. The zero-order valence-corrected chi connectivity index (χ0v) is 11.2. The third kappa shape index (κ3) is 5.79. The van der Waals surface area contributed by atoms with Crippen molar-refractivity contribution >= 4 is 21.4 Å². The van der Waals surface area contributed by atoms with E-state index in [2.05, 4.69) is 5.32 Å². The maximum absolute atomic E-state index is 11.6. The van der Waals surface area contributed by atoms with Gasteiger partial charge in [-0.25, -0.2) is 8.42 Å². The Bertz CT molecular complexity index is 512. The number of nitrogens with one attached hydrogen (secondary N) is 1. The van der Waals surface area contributed by atoms with Gasteiger partial charge in [0.2, 0.25) is 5.91 Å². The minimum absolute atomic E-state index is 0.0310. The van der Waals surface area contributed by atoms with Crippen LogP contribution >= 0.6 is 0 Å². The van der Waals surface area contributed by atoms with Crippen molar-refractivity contribution in [1.82, 2.24) is 0 Å². The summed E-state index contributed by atoms with van der Waals surface area (Å²) in [6.45, 7) is 0.414.